The molecular formula is C18H28N2O3. The third-order valence-corrected chi connectivity index (χ3v) is 4.39. The zero-order chi connectivity index (χ0) is 16.8. The van der Waals surface area contributed by atoms with E-state index in [1.165, 1.54) is 0 Å². The quantitative estimate of drug-likeness (QED) is 0.833. The van der Waals surface area contributed by atoms with E-state index in [4.69, 9.17) is 4.74 Å². The smallest absolute Gasteiger partial charge is 0.257 e. The Labute approximate surface area is 138 Å². The molecule has 0 saturated heterocycles. The Balaban J connectivity index is 2.00. The first-order valence-corrected chi connectivity index (χ1v) is 8.29. The number of aliphatic hydroxyl groups excluding tert-OH is 1. The first-order valence-electron chi connectivity index (χ1n) is 8.29. The Morgan fingerprint density at radius 2 is 2.00 bits per heavy atom. The van der Waals surface area contributed by atoms with Crippen molar-refractivity contribution in [1.29, 1.82) is 0 Å². The van der Waals surface area contributed by atoms with Gasteiger partial charge in [-0.2, -0.15) is 0 Å². The lowest BCUT2D eigenvalue weighted by Crippen LogP contribution is -2.34. The molecule has 1 amide bonds. The number of para-hydroxylation sites is 1. The number of rotatable bonds is 7. The largest absolute Gasteiger partial charge is 0.491 e. The van der Waals surface area contributed by atoms with Gasteiger partial charge in [-0.15, -0.1) is 0 Å². The molecule has 0 bridgehead atoms. The lowest BCUT2D eigenvalue weighted by atomic mass is 10.0. The standard InChI is InChI=1S/C18H28N2O3/c1-19(2)11-12-23-17-10-5-4-8-15(17)18(22)20(3)13-14-7-6-9-16(14)21/h4-5,8,10,14,16,21H,6-7,9,11-13H2,1-3H3. The summed E-state index contributed by atoms with van der Waals surface area (Å²) in [6, 6.07) is 7.36. The van der Waals surface area contributed by atoms with Gasteiger partial charge in [0.05, 0.1) is 11.7 Å². The number of ether oxygens (including phenoxy) is 1. The SMILES string of the molecule is CN(C)CCOc1ccccc1C(=O)N(C)CC1CCCC1O. The summed E-state index contributed by atoms with van der Waals surface area (Å²) in [5, 5.41) is 9.95. The lowest BCUT2D eigenvalue weighted by molar-refractivity contribution is 0.0689. The van der Waals surface area contributed by atoms with Gasteiger partial charge in [0.25, 0.3) is 5.91 Å². The van der Waals surface area contributed by atoms with Gasteiger partial charge in [0, 0.05) is 26.1 Å². The number of benzene rings is 1. The molecule has 2 atom stereocenters. The van der Waals surface area contributed by atoms with Crippen molar-refractivity contribution in [2.45, 2.75) is 25.4 Å². The van der Waals surface area contributed by atoms with E-state index in [1.807, 2.05) is 37.2 Å². The number of carbonyl (C=O) groups is 1. The van der Waals surface area contributed by atoms with Crippen molar-refractivity contribution in [3.63, 3.8) is 0 Å². The first-order chi connectivity index (χ1) is 11.0. The molecule has 1 saturated carbocycles. The monoisotopic (exact) mass is 320 g/mol. The Morgan fingerprint density at radius 3 is 2.65 bits per heavy atom. The van der Waals surface area contributed by atoms with Crippen LogP contribution in [0.1, 0.15) is 29.6 Å². The highest BCUT2D eigenvalue weighted by molar-refractivity contribution is 5.96. The van der Waals surface area contributed by atoms with Crippen LogP contribution in [0.25, 0.3) is 0 Å². The first kappa shape index (κ1) is 17.8. The van der Waals surface area contributed by atoms with Gasteiger partial charge in [-0.05, 0) is 39.1 Å². The topological polar surface area (TPSA) is 53.0 Å². The minimum atomic E-state index is -0.281. The average Bonchev–Trinajstić information content (AvgIpc) is 2.92. The Bertz CT molecular complexity index is 519. The number of carbonyl (C=O) groups excluding carboxylic acids is 1. The molecule has 5 nitrogen and oxygen atoms in total. The third kappa shape index (κ3) is 4.94. The summed E-state index contributed by atoms with van der Waals surface area (Å²) in [6.45, 7) is 1.93. The van der Waals surface area contributed by atoms with E-state index in [2.05, 4.69) is 0 Å². The fraction of sp³-hybridized carbons (Fsp3) is 0.611. The van der Waals surface area contributed by atoms with Gasteiger partial charge >= 0.3 is 0 Å². The van der Waals surface area contributed by atoms with E-state index in [-0.39, 0.29) is 17.9 Å². The fourth-order valence-electron chi connectivity index (χ4n) is 2.98. The zero-order valence-corrected chi connectivity index (χ0v) is 14.4. The molecule has 2 rings (SSSR count). The number of amides is 1. The van der Waals surface area contributed by atoms with Gasteiger partial charge in [0.15, 0.2) is 0 Å². The summed E-state index contributed by atoms with van der Waals surface area (Å²) >= 11 is 0. The highest BCUT2D eigenvalue weighted by Crippen LogP contribution is 2.27. The summed E-state index contributed by atoms with van der Waals surface area (Å²) in [5.41, 5.74) is 0.584. The number of likely N-dealkylation sites (N-methyl/N-ethyl adjacent to an activating group) is 1. The van der Waals surface area contributed by atoms with Gasteiger partial charge in [-0.25, -0.2) is 0 Å². The van der Waals surface area contributed by atoms with Crippen molar-refractivity contribution in [3.8, 4) is 5.75 Å². The van der Waals surface area contributed by atoms with Crippen LogP contribution in [-0.4, -0.2) is 67.8 Å². The third-order valence-electron chi connectivity index (χ3n) is 4.39. The normalized spacial score (nSPS) is 20.7. The molecular weight excluding hydrogens is 292 g/mol. The summed E-state index contributed by atoms with van der Waals surface area (Å²) in [7, 11) is 5.77. The summed E-state index contributed by atoms with van der Waals surface area (Å²) in [4.78, 5) is 16.5. The maximum Gasteiger partial charge on any atom is 0.257 e. The molecule has 0 heterocycles. The molecule has 1 fully saturated rings. The Kier molecular flexibility index (Phi) is 6.42. The van der Waals surface area contributed by atoms with E-state index < -0.39 is 0 Å². The predicted octanol–water partition coefficient (Wildman–Crippen LogP) is 1.86. The number of nitrogens with zero attached hydrogens (tertiary/aromatic N) is 2. The van der Waals surface area contributed by atoms with E-state index in [9.17, 15) is 9.90 Å². The van der Waals surface area contributed by atoms with Gasteiger partial charge in [-0.3, -0.25) is 4.79 Å². The molecule has 1 N–H and O–H groups in total. The van der Waals surface area contributed by atoms with Crippen molar-refractivity contribution in [3.05, 3.63) is 29.8 Å². The maximum atomic E-state index is 12.7. The zero-order valence-electron chi connectivity index (χ0n) is 14.4. The van der Waals surface area contributed by atoms with Crippen LogP contribution < -0.4 is 4.74 Å². The maximum absolute atomic E-state index is 12.7. The molecule has 5 heteroatoms. The molecule has 1 aromatic rings. The van der Waals surface area contributed by atoms with Gasteiger partial charge in [0.2, 0.25) is 0 Å². The van der Waals surface area contributed by atoms with Crippen molar-refractivity contribution in [2.24, 2.45) is 5.92 Å². The van der Waals surface area contributed by atoms with E-state index in [0.717, 1.165) is 25.8 Å². The molecule has 0 aromatic heterocycles. The van der Waals surface area contributed by atoms with Crippen LogP contribution in [0.15, 0.2) is 24.3 Å². The van der Waals surface area contributed by atoms with Gasteiger partial charge in [-0.1, -0.05) is 18.6 Å². The molecule has 128 valence electrons. The van der Waals surface area contributed by atoms with E-state index in [0.29, 0.717) is 24.5 Å². The molecule has 1 aliphatic rings. The number of hydrogen-bond donors (Lipinski definition) is 1. The van der Waals surface area contributed by atoms with Crippen LogP contribution in [0.3, 0.4) is 0 Å². The van der Waals surface area contributed by atoms with Crippen molar-refractivity contribution in [1.82, 2.24) is 9.80 Å². The van der Waals surface area contributed by atoms with Crippen LogP contribution in [0.4, 0.5) is 0 Å². The fourth-order valence-corrected chi connectivity index (χ4v) is 2.98. The lowest BCUT2D eigenvalue weighted by Gasteiger charge is -2.24. The molecule has 23 heavy (non-hydrogen) atoms. The second-order valence-corrected chi connectivity index (χ2v) is 6.59. The van der Waals surface area contributed by atoms with E-state index >= 15 is 0 Å². The molecule has 0 spiro atoms. The van der Waals surface area contributed by atoms with Crippen LogP contribution in [0.2, 0.25) is 0 Å². The van der Waals surface area contributed by atoms with Crippen molar-refractivity contribution in [2.75, 3.05) is 40.8 Å². The van der Waals surface area contributed by atoms with Crippen molar-refractivity contribution >= 4 is 5.91 Å². The van der Waals surface area contributed by atoms with Gasteiger partial charge in [0.1, 0.15) is 12.4 Å². The second kappa shape index (κ2) is 8.31. The predicted molar refractivity (Wildman–Crippen MR) is 90.8 cm³/mol. The summed E-state index contributed by atoms with van der Waals surface area (Å²) in [5.74, 6) is 0.758. The van der Waals surface area contributed by atoms with Crippen LogP contribution >= 0.6 is 0 Å². The molecule has 1 aromatic carbocycles. The van der Waals surface area contributed by atoms with E-state index in [1.54, 1.807) is 18.0 Å². The molecule has 2 unspecified atom stereocenters. The Hall–Kier alpha value is -1.59. The Morgan fingerprint density at radius 1 is 1.26 bits per heavy atom. The molecule has 0 radical (unpaired) electrons. The highest BCUT2D eigenvalue weighted by Gasteiger charge is 2.28. The minimum absolute atomic E-state index is 0.0513. The minimum Gasteiger partial charge on any atom is -0.491 e. The number of hydrogen-bond acceptors (Lipinski definition) is 4. The summed E-state index contributed by atoms with van der Waals surface area (Å²) in [6.07, 6.45) is 2.59. The van der Waals surface area contributed by atoms with Crippen molar-refractivity contribution < 1.29 is 14.6 Å². The second-order valence-electron chi connectivity index (χ2n) is 6.59. The average molecular weight is 320 g/mol. The summed E-state index contributed by atoms with van der Waals surface area (Å²) < 4.78 is 5.77. The van der Waals surface area contributed by atoms with Crippen LogP contribution in [0.5, 0.6) is 5.75 Å². The van der Waals surface area contributed by atoms with Crippen LogP contribution in [-0.2, 0) is 0 Å². The van der Waals surface area contributed by atoms with Crippen LogP contribution in [0, 0.1) is 5.92 Å². The highest BCUT2D eigenvalue weighted by atomic mass is 16.5. The molecule has 0 aliphatic heterocycles. The van der Waals surface area contributed by atoms with Gasteiger partial charge < -0.3 is 19.6 Å². The number of aliphatic hydroxyl groups is 1. The molecule has 1 aliphatic carbocycles.